The summed E-state index contributed by atoms with van der Waals surface area (Å²) >= 11 is 12.2. The number of carboxylic acids is 2. The summed E-state index contributed by atoms with van der Waals surface area (Å²) < 4.78 is 45.6. The van der Waals surface area contributed by atoms with E-state index in [2.05, 4.69) is 9.97 Å². The van der Waals surface area contributed by atoms with Crippen molar-refractivity contribution >= 4 is 35.1 Å². The first-order valence-corrected chi connectivity index (χ1v) is 11.0. The Morgan fingerprint density at radius 1 is 1.11 bits per heavy atom. The van der Waals surface area contributed by atoms with Crippen molar-refractivity contribution < 1.29 is 37.7 Å². The number of carbonyl (C=O) groups is 2. The van der Waals surface area contributed by atoms with Gasteiger partial charge in [0.15, 0.2) is 11.4 Å². The van der Waals surface area contributed by atoms with Gasteiger partial charge in [0.2, 0.25) is 0 Å². The Kier molecular flexibility index (Phi) is 7.97. The molecule has 7 nitrogen and oxygen atoms in total. The van der Waals surface area contributed by atoms with Gasteiger partial charge in [-0.15, -0.1) is 0 Å². The lowest BCUT2D eigenvalue weighted by Crippen LogP contribution is -2.12. The molecule has 0 aliphatic rings. The molecule has 0 aliphatic carbocycles. The van der Waals surface area contributed by atoms with E-state index in [0.717, 1.165) is 0 Å². The normalized spacial score (nSPS) is 12.4. The predicted octanol–water partition coefficient (Wildman–Crippen LogP) is 6.64. The van der Waals surface area contributed by atoms with Crippen LogP contribution in [0.3, 0.4) is 0 Å². The van der Waals surface area contributed by atoms with Crippen LogP contribution in [0, 0.1) is 0 Å². The van der Waals surface area contributed by atoms with Gasteiger partial charge in [-0.25, -0.2) is 14.6 Å². The number of nitrogens with one attached hydrogen (secondary N) is 1. The maximum atomic E-state index is 13.3. The van der Waals surface area contributed by atoms with Crippen molar-refractivity contribution in [3.63, 3.8) is 0 Å². The van der Waals surface area contributed by atoms with Crippen LogP contribution in [-0.2, 0) is 12.8 Å². The van der Waals surface area contributed by atoms with E-state index in [1.807, 2.05) is 6.92 Å². The molecular formula is C23H19Cl2F3N2O5. The highest BCUT2D eigenvalue weighted by atomic mass is 35.5. The number of aromatic amines is 1. The second-order valence-corrected chi connectivity index (χ2v) is 8.42. The topological polar surface area (TPSA) is 113 Å². The number of ether oxygens (including phenoxy) is 1. The van der Waals surface area contributed by atoms with E-state index in [-0.39, 0.29) is 33.8 Å². The minimum atomic E-state index is -4.92. The highest BCUT2D eigenvalue weighted by Gasteiger charge is 2.40. The average molecular weight is 531 g/mol. The zero-order chi connectivity index (χ0) is 25.9. The third kappa shape index (κ3) is 6.07. The molecular weight excluding hydrogens is 512 g/mol. The van der Waals surface area contributed by atoms with E-state index in [0.29, 0.717) is 24.0 Å². The predicted molar refractivity (Wildman–Crippen MR) is 121 cm³/mol. The van der Waals surface area contributed by atoms with Crippen LogP contribution >= 0.6 is 23.2 Å². The highest BCUT2D eigenvalue weighted by molar-refractivity contribution is 6.32. The number of imidazole rings is 1. The van der Waals surface area contributed by atoms with E-state index >= 15 is 0 Å². The molecule has 35 heavy (non-hydrogen) atoms. The van der Waals surface area contributed by atoms with Crippen LogP contribution in [0.4, 0.5) is 13.2 Å². The number of rotatable bonds is 9. The number of aromatic nitrogens is 2. The zero-order valence-electron chi connectivity index (χ0n) is 18.1. The van der Waals surface area contributed by atoms with Crippen LogP contribution in [-0.4, -0.2) is 32.1 Å². The second kappa shape index (κ2) is 10.6. The fourth-order valence-electron chi connectivity index (χ4n) is 3.55. The first-order chi connectivity index (χ1) is 16.4. The number of halogens is 5. The third-order valence-corrected chi connectivity index (χ3v) is 5.69. The molecule has 1 aromatic heterocycles. The van der Waals surface area contributed by atoms with Gasteiger partial charge in [-0.05, 0) is 36.2 Å². The van der Waals surface area contributed by atoms with Crippen LogP contribution < -0.4 is 4.74 Å². The minimum Gasteiger partial charge on any atom is -0.487 e. The fraction of sp³-hybridized carbons (Fsp3) is 0.261. The minimum absolute atomic E-state index is 0.0271. The molecule has 1 atom stereocenters. The monoisotopic (exact) mass is 530 g/mol. The summed E-state index contributed by atoms with van der Waals surface area (Å²) in [5, 5.41) is 18.9. The molecule has 1 unspecified atom stereocenters. The van der Waals surface area contributed by atoms with Crippen molar-refractivity contribution in [2.75, 3.05) is 0 Å². The molecule has 1 heterocycles. The second-order valence-electron chi connectivity index (χ2n) is 7.57. The Hall–Kier alpha value is -3.24. The smallest absolute Gasteiger partial charge is 0.433 e. The Balaban J connectivity index is 1.90. The molecule has 2 aromatic carbocycles. The Morgan fingerprint density at radius 3 is 2.37 bits per heavy atom. The maximum absolute atomic E-state index is 13.3. The van der Waals surface area contributed by atoms with Gasteiger partial charge >= 0.3 is 18.1 Å². The number of H-pyrrole nitrogens is 1. The fourth-order valence-corrected chi connectivity index (χ4v) is 3.96. The van der Waals surface area contributed by atoms with Crippen molar-refractivity contribution in [1.82, 2.24) is 9.97 Å². The molecule has 0 amide bonds. The largest absolute Gasteiger partial charge is 0.487 e. The van der Waals surface area contributed by atoms with Gasteiger partial charge in [-0.2, -0.15) is 13.2 Å². The molecule has 0 bridgehead atoms. The van der Waals surface area contributed by atoms with Crippen molar-refractivity contribution in [3.05, 3.63) is 80.3 Å². The summed E-state index contributed by atoms with van der Waals surface area (Å²) in [5.74, 6) is -3.57. The molecule has 3 rings (SSSR count). The van der Waals surface area contributed by atoms with Gasteiger partial charge in [-0.3, -0.25) is 0 Å². The van der Waals surface area contributed by atoms with Crippen molar-refractivity contribution in [3.8, 4) is 5.75 Å². The summed E-state index contributed by atoms with van der Waals surface area (Å²) in [5.41, 5.74) is -1.69. The Bertz CT molecular complexity index is 1260. The van der Waals surface area contributed by atoms with E-state index in [4.69, 9.17) is 33.0 Å². The lowest BCUT2D eigenvalue weighted by atomic mass is 9.93. The van der Waals surface area contributed by atoms with Crippen LogP contribution in [0.25, 0.3) is 0 Å². The molecule has 0 aliphatic heterocycles. The van der Waals surface area contributed by atoms with Crippen LogP contribution in [0.5, 0.6) is 5.75 Å². The lowest BCUT2D eigenvalue weighted by Gasteiger charge is -2.17. The van der Waals surface area contributed by atoms with Gasteiger partial charge < -0.3 is 19.9 Å². The average Bonchev–Trinajstić information content (AvgIpc) is 3.23. The molecule has 0 saturated heterocycles. The first kappa shape index (κ1) is 26.4. The molecule has 186 valence electrons. The molecule has 0 spiro atoms. The number of nitrogens with zero attached hydrogens (tertiary/aromatic N) is 1. The van der Waals surface area contributed by atoms with Gasteiger partial charge in [0.25, 0.3) is 0 Å². The van der Waals surface area contributed by atoms with E-state index in [1.54, 1.807) is 6.07 Å². The van der Waals surface area contributed by atoms with E-state index < -0.39 is 35.4 Å². The van der Waals surface area contributed by atoms with Crippen molar-refractivity contribution in [1.29, 1.82) is 0 Å². The summed E-state index contributed by atoms with van der Waals surface area (Å²) in [7, 11) is 0. The summed E-state index contributed by atoms with van der Waals surface area (Å²) in [6.07, 6.45) is -3.98. The van der Waals surface area contributed by atoms with Gasteiger partial charge in [0, 0.05) is 16.5 Å². The molecule has 12 heteroatoms. The number of hydrogen-bond donors (Lipinski definition) is 3. The molecule has 0 saturated carbocycles. The quantitative estimate of drug-likeness (QED) is 0.285. The SMILES string of the molecule is CCCC(c1ccc(OCc2ccc(Cl)cc2C(=O)O)c(Cl)c1)c1nc(C(=O)O)c(C(F)(F)F)[nH]1. The summed E-state index contributed by atoms with van der Waals surface area (Å²) in [6, 6.07) is 8.91. The number of hydrogen-bond acceptors (Lipinski definition) is 4. The van der Waals surface area contributed by atoms with Crippen LogP contribution in [0.1, 0.15) is 69.2 Å². The molecule has 0 radical (unpaired) electrons. The van der Waals surface area contributed by atoms with Crippen LogP contribution in [0.2, 0.25) is 10.0 Å². The van der Waals surface area contributed by atoms with Crippen LogP contribution in [0.15, 0.2) is 36.4 Å². The van der Waals surface area contributed by atoms with Gasteiger partial charge in [0.05, 0.1) is 10.6 Å². The first-order valence-electron chi connectivity index (χ1n) is 10.3. The number of aromatic carboxylic acids is 2. The van der Waals surface area contributed by atoms with Gasteiger partial charge in [-0.1, -0.05) is 48.7 Å². The number of alkyl halides is 3. The standard InChI is InChI=1S/C23H19Cl2F3N2O5/c1-2-3-14(20-29-18(22(33)34)19(30-20)23(26,27)28)11-5-7-17(16(25)8-11)35-10-12-4-6-13(24)9-15(12)21(31)32/h4-9,14H,2-3,10H2,1H3,(H,29,30)(H,31,32)(H,33,34). The summed E-state index contributed by atoms with van der Waals surface area (Å²) in [6.45, 7) is 1.70. The number of carboxylic acid groups (broad SMARTS) is 2. The molecule has 0 fully saturated rings. The van der Waals surface area contributed by atoms with Crippen molar-refractivity contribution in [2.24, 2.45) is 0 Å². The highest BCUT2D eigenvalue weighted by Crippen LogP contribution is 2.37. The Labute approximate surface area is 207 Å². The third-order valence-electron chi connectivity index (χ3n) is 5.16. The lowest BCUT2D eigenvalue weighted by molar-refractivity contribution is -0.141. The van der Waals surface area contributed by atoms with E-state index in [9.17, 15) is 27.9 Å². The van der Waals surface area contributed by atoms with Crippen molar-refractivity contribution in [2.45, 2.75) is 38.5 Å². The van der Waals surface area contributed by atoms with E-state index in [1.165, 1.54) is 30.3 Å². The molecule has 3 N–H and O–H groups in total. The van der Waals surface area contributed by atoms with Gasteiger partial charge in [0.1, 0.15) is 18.2 Å². The zero-order valence-corrected chi connectivity index (χ0v) is 19.6. The molecule has 3 aromatic rings. The number of benzene rings is 2. The Morgan fingerprint density at radius 2 is 1.83 bits per heavy atom. The summed E-state index contributed by atoms with van der Waals surface area (Å²) in [4.78, 5) is 28.6. The maximum Gasteiger partial charge on any atom is 0.433 e.